The molecule has 1 amide bonds. The van der Waals surface area contributed by atoms with Gasteiger partial charge in [0.15, 0.2) is 6.61 Å². The molecule has 0 aliphatic heterocycles. The molecule has 0 aromatic heterocycles. The van der Waals surface area contributed by atoms with E-state index in [-0.39, 0.29) is 23.1 Å². The van der Waals surface area contributed by atoms with Crippen LogP contribution in [-0.4, -0.2) is 20.9 Å². The van der Waals surface area contributed by atoms with Crippen molar-refractivity contribution in [1.82, 2.24) is 0 Å². The van der Waals surface area contributed by atoms with Crippen molar-refractivity contribution in [2.24, 2.45) is 0 Å². The van der Waals surface area contributed by atoms with Gasteiger partial charge in [-0.05, 0) is 67.1 Å². The van der Waals surface area contributed by atoms with Crippen LogP contribution in [0.1, 0.15) is 11.1 Å². The van der Waals surface area contributed by atoms with Crippen molar-refractivity contribution in [1.29, 1.82) is 0 Å². The Bertz CT molecular complexity index is 1480. The third-order valence-electron chi connectivity index (χ3n) is 5.48. The highest BCUT2D eigenvalue weighted by molar-refractivity contribution is 7.92. The zero-order chi connectivity index (χ0) is 26.4. The van der Waals surface area contributed by atoms with Gasteiger partial charge >= 0.3 is 0 Å². The molecule has 0 fully saturated rings. The second-order valence-corrected chi connectivity index (χ2v) is 10.5. The van der Waals surface area contributed by atoms with Gasteiger partial charge in [0, 0.05) is 5.69 Å². The van der Waals surface area contributed by atoms with Crippen LogP contribution in [0, 0.1) is 12.7 Å². The van der Waals surface area contributed by atoms with E-state index in [0.717, 1.165) is 17.2 Å². The molecule has 4 aromatic rings. The van der Waals surface area contributed by atoms with E-state index in [1.54, 1.807) is 48.5 Å². The van der Waals surface area contributed by atoms with Crippen molar-refractivity contribution in [2.75, 3.05) is 16.2 Å². The molecular formula is C28H24ClFN2O4S. The fraction of sp³-hybridized carbons (Fsp3) is 0.107. The van der Waals surface area contributed by atoms with Crippen LogP contribution in [-0.2, 0) is 21.4 Å². The van der Waals surface area contributed by atoms with E-state index in [1.807, 2.05) is 37.3 Å². The van der Waals surface area contributed by atoms with Crippen LogP contribution in [0.2, 0.25) is 5.02 Å². The molecule has 37 heavy (non-hydrogen) atoms. The Balaban J connectivity index is 1.50. The van der Waals surface area contributed by atoms with Gasteiger partial charge in [0.2, 0.25) is 0 Å². The molecule has 9 heteroatoms. The first kappa shape index (κ1) is 26.2. The average Bonchev–Trinajstić information content (AvgIpc) is 2.89. The molecule has 0 unspecified atom stereocenters. The lowest BCUT2D eigenvalue weighted by atomic mass is 10.2. The smallest absolute Gasteiger partial charge is 0.264 e. The van der Waals surface area contributed by atoms with Crippen molar-refractivity contribution in [2.45, 2.75) is 18.4 Å². The monoisotopic (exact) mass is 538 g/mol. The Labute approximate surface area is 220 Å². The molecule has 0 saturated heterocycles. The van der Waals surface area contributed by atoms with E-state index in [4.69, 9.17) is 16.3 Å². The number of carbonyl (C=O) groups excluding carboxylic acids is 1. The highest BCUT2D eigenvalue weighted by Crippen LogP contribution is 2.28. The number of sulfonamides is 1. The maximum absolute atomic E-state index is 13.6. The summed E-state index contributed by atoms with van der Waals surface area (Å²) in [6.45, 7) is 1.73. The minimum atomic E-state index is -3.86. The minimum absolute atomic E-state index is 0.102. The molecule has 4 rings (SSSR count). The maximum atomic E-state index is 13.6. The Morgan fingerprint density at radius 2 is 1.62 bits per heavy atom. The van der Waals surface area contributed by atoms with Crippen molar-refractivity contribution in [3.8, 4) is 5.75 Å². The lowest BCUT2D eigenvalue weighted by Gasteiger charge is -2.25. The number of ether oxygens (including phenoxy) is 1. The molecule has 1 N–H and O–H groups in total. The standard InChI is InChI=1S/C28H24ClFN2O4S/c1-20-7-14-25(15-8-20)37(34,35)32(18-21-5-3-2-4-6-21)23-10-12-24(13-11-23)36-19-28(33)31-22-9-16-27(30)26(29)17-22/h2-17H,18-19H2,1H3,(H,31,33). The number of benzene rings is 4. The summed E-state index contributed by atoms with van der Waals surface area (Å²) in [5, 5.41) is 2.47. The quantitative estimate of drug-likeness (QED) is 0.275. The van der Waals surface area contributed by atoms with Gasteiger partial charge in [-0.3, -0.25) is 9.10 Å². The van der Waals surface area contributed by atoms with Crippen LogP contribution in [0.4, 0.5) is 15.8 Å². The normalized spacial score (nSPS) is 11.1. The predicted molar refractivity (Wildman–Crippen MR) is 143 cm³/mol. The van der Waals surface area contributed by atoms with Gasteiger partial charge in [0.05, 0.1) is 22.2 Å². The molecule has 0 bridgehead atoms. The zero-order valence-corrected chi connectivity index (χ0v) is 21.5. The fourth-order valence-corrected chi connectivity index (χ4v) is 5.16. The average molecular weight is 539 g/mol. The summed E-state index contributed by atoms with van der Waals surface area (Å²) < 4.78 is 47.3. The molecule has 6 nitrogen and oxygen atoms in total. The molecule has 0 radical (unpaired) electrons. The van der Waals surface area contributed by atoms with Gasteiger partial charge in [-0.25, -0.2) is 12.8 Å². The van der Waals surface area contributed by atoms with Crippen molar-refractivity contribution in [3.63, 3.8) is 0 Å². The highest BCUT2D eigenvalue weighted by Gasteiger charge is 2.25. The summed E-state index contributed by atoms with van der Waals surface area (Å²) >= 11 is 5.74. The van der Waals surface area contributed by atoms with Crippen LogP contribution in [0.15, 0.2) is 102 Å². The van der Waals surface area contributed by atoms with E-state index in [9.17, 15) is 17.6 Å². The third kappa shape index (κ3) is 6.67. The van der Waals surface area contributed by atoms with Gasteiger partial charge in [-0.15, -0.1) is 0 Å². The number of anilines is 2. The molecular weight excluding hydrogens is 515 g/mol. The Morgan fingerprint density at radius 3 is 2.27 bits per heavy atom. The maximum Gasteiger partial charge on any atom is 0.264 e. The lowest BCUT2D eigenvalue weighted by Crippen LogP contribution is -2.30. The first-order valence-electron chi connectivity index (χ1n) is 11.3. The third-order valence-corrected chi connectivity index (χ3v) is 7.55. The Hall–Kier alpha value is -3.88. The number of nitrogens with one attached hydrogen (secondary N) is 1. The molecule has 0 heterocycles. The number of nitrogens with zero attached hydrogens (tertiary/aromatic N) is 1. The molecule has 0 saturated carbocycles. The van der Waals surface area contributed by atoms with E-state index in [2.05, 4.69) is 5.32 Å². The summed E-state index contributed by atoms with van der Waals surface area (Å²) in [5.41, 5.74) is 2.58. The SMILES string of the molecule is Cc1ccc(S(=O)(=O)N(Cc2ccccc2)c2ccc(OCC(=O)Nc3ccc(F)c(Cl)c3)cc2)cc1. The summed E-state index contributed by atoms with van der Waals surface area (Å²) in [7, 11) is -3.86. The zero-order valence-electron chi connectivity index (χ0n) is 19.9. The van der Waals surface area contributed by atoms with E-state index in [0.29, 0.717) is 17.1 Å². The number of rotatable bonds is 9. The van der Waals surface area contributed by atoms with Crippen molar-refractivity contribution in [3.05, 3.63) is 119 Å². The molecule has 0 aliphatic rings. The van der Waals surface area contributed by atoms with Crippen LogP contribution in [0.5, 0.6) is 5.75 Å². The van der Waals surface area contributed by atoms with E-state index < -0.39 is 21.7 Å². The summed E-state index contributed by atoms with van der Waals surface area (Å²) in [6, 6.07) is 26.3. The molecule has 0 aliphatic carbocycles. The largest absolute Gasteiger partial charge is 0.484 e. The Morgan fingerprint density at radius 1 is 0.946 bits per heavy atom. The number of aryl methyl sites for hydroxylation is 1. The second kappa shape index (κ2) is 11.5. The van der Waals surface area contributed by atoms with Gasteiger partial charge < -0.3 is 10.1 Å². The van der Waals surface area contributed by atoms with Gasteiger partial charge in [-0.1, -0.05) is 59.6 Å². The topological polar surface area (TPSA) is 75.7 Å². The number of hydrogen-bond donors (Lipinski definition) is 1. The summed E-state index contributed by atoms with van der Waals surface area (Å²) in [6.07, 6.45) is 0. The Kier molecular flexibility index (Phi) is 8.11. The van der Waals surface area contributed by atoms with Crippen molar-refractivity contribution >= 4 is 38.9 Å². The number of halogens is 2. The van der Waals surface area contributed by atoms with Crippen LogP contribution in [0.3, 0.4) is 0 Å². The van der Waals surface area contributed by atoms with E-state index >= 15 is 0 Å². The number of amides is 1. The first-order chi connectivity index (χ1) is 17.7. The summed E-state index contributed by atoms with van der Waals surface area (Å²) in [5.74, 6) is -0.662. The minimum Gasteiger partial charge on any atom is -0.484 e. The highest BCUT2D eigenvalue weighted by atomic mass is 35.5. The van der Waals surface area contributed by atoms with E-state index in [1.165, 1.54) is 16.4 Å². The molecule has 4 aromatic carbocycles. The van der Waals surface area contributed by atoms with Gasteiger partial charge in [0.1, 0.15) is 11.6 Å². The molecule has 0 spiro atoms. The molecule has 0 atom stereocenters. The summed E-state index contributed by atoms with van der Waals surface area (Å²) in [4.78, 5) is 12.4. The van der Waals surface area contributed by atoms with Gasteiger partial charge in [0.25, 0.3) is 15.9 Å². The first-order valence-corrected chi connectivity index (χ1v) is 13.2. The predicted octanol–water partition coefficient (Wildman–Crippen LogP) is 6.20. The second-order valence-electron chi connectivity index (χ2n) is 8.27. The molecule has 190 valence electrons. The van der Waals surface area contributed by atoms with Crippen LogP contribution in [0.25, 0.3) is 0 Å². The van der Waals surface area contributed by atoms with Gasteiger partial charge in [-0.2, -0.15) is 0 Å². The number of hydrogen-bond acceptors (Lipinski definition) is 4. The fourth-order valence-electron chi connectivity index (χ4n) is 3.53. The van der Waals surface area contributed by atoms with Crippen LogP contribution < -0.4 is 14.4 Å². The lowest BCUT2D eigenvalue weighted by molar-refractivity contribution is -0.118. The van der Waals surface area contributed by atoms with Crippen LogP contribution >= 0.6 is 11.6 Å². The number of carbonyl (C=O) groups is 1. The van der Waals surface area contributed by atoms with Crippen molar-refractivity contribution < 1.29 is 22.3 Å².